The van der Waals surface area contributed by atoms with Crippen molar-refractivity contribution in [3.8, 4) is 6.07 Å². The fourth-order valence-corrected chi connectivity index (χ4v) is 7.71. The fourth-order valence-electron chi connectivity index (χ4n) is 7.71. The minimum atomic E-state index is -0.0984. The molecule has 4 fully saturated rings. The Morgan fingerprint density at radius 1 is 1.00 bits per heavy atom. The van der Waals surface area contributed by atoms with Gasteiger partial charge in [0.25, 0.3) is 0 Å². The molecule has 4 rings (SSSR count). The number of aliphatic hydroxyl groups is 1. The maximum Gasteiger partial charge on any atom is 0.0661 e. The van der Waals surface area contributed by atoms with Gasteiger partial charge >= 0.3 is 0 Å². The van der Waals surface area contributed by atoms with E-state index in [1.165, 1.54) is 38.5 Å². The normalized spacial score (nSPS) is 58.7. The Labute approximate surface area is 141 Å². The maximum atomic E-state index is 10.5. The molecule has 0 aromatic heterocycles. The van der Waals surface area contributed by atoms with Crippen LogP contribution in [-0.4, -0.2) is 11.2 Å². The predicted molar refractivity (Wildman–Crippen MR) is 91.4 cm³/mol. The van der Waals surface area contributed by atoms with Gasteiger partial charge in [-0.3, -0.25) is 0 Å². The summed E-state index contributed by atoms with van der Waals surface area (Å²) in [5, 5.41) is 20.1. The SMILES string of the molecule is C[C@H]1C[C@@H]2CC[C@@H]3[C@H](CC[C@]4(C)[C@@H](C#N)CC[C@@H]34)[C@@]2(C)C[C@H]1O. The predicted octanol–water partition coefficient (Wildman–Crippen LogP) is 4.78. The summed E-state index contributed by atoms with van der Waals surface area (Å²) in [4.78, 5) is 0. The molecule has 1 N–H and O–H groups in total. The summed E-state index contributed by atoms with van der Waals surface area (Å²) in [7, 11) is 0. The zero-order chi connectivity index (χ0) is 16.4. The van der Waals surface area contributed by atoms with Gasteiger partial charge in [0.15, 0.2) is 0 Å². The van der Waals surface area contributed by atoms with Gasteiger partial charge in [0, 0.05) is 0 Å². The highest BCUT2D eigenvalue weighted by Crippen LogP contribution is 2.67. The first-order valence-electron chi connectivity index (χ1n) is 9.98. The smallest absolute Gasteiger partial charge is 0.0661 e. The van der Waals surface area contributed by atoms with Crippen molar-refractivity contribution in [2.45, 2.75) is 78.2 Å². The van der Waals surface area contributed by atoms with Crippen LogP contribution in [0.15, 0.2) is 0 Å². The van der Waals surface area contributed by atoms with Crippen molar-refractivity contribution in [1.82, 2.24) is 0 Å². The van der Waals surface area contributed by atoms with Crippen molar-refractivity contribution in [2.24, 2.45) is 46.3 Å². The Morgan fingerprint density at radius 2 is 1.74 bits per heavy atom. The Balaban J connectivity index is 1.63. The molecule has 9 atom stereocenters. The van der Waals surface area contributed by atoms with Crippen LogP contribution in [0.1, 0.15) is 72.1 Å². The van der Waals surface area contributed by atoms with Gasteiger partial charge in [0.2, 0.25) is 0 Å². The van der Waals surface area contributed by atoms with Crippen molar-refractivity contribution in [2.75, 3.05) is 0 Å². The van der Waals surface area contributed by atoms with Crippen molar-refractivity contribution in [3.05, 3.63) is 0 Å². The molecule has 0 aromatic rings. The van der Waals surface area contributed by atoms with Gasteiger partial charge in [-0.05, 0) is 91.8 Å². The number of hydrogen-bond donors (Lipinski definition) is 1. The van der Waals surface area contributed by atoms with Crippen molar-refractivity contribution < 1.29 is 5.11 Å². The first kappa shape index (κ1) is 15.9. The second-order valence-electron chi connectivity index (χ2n) is 9.94. The van der Waals surface area contributed by atoms with Gasteiger partial charge in [-0.15, -0.1) is 0 Å². The van der Waals surface area contributed by atoms with Gasteiger partial charge in [0.1, 0.15) is 0 Å². The Bertz CT molecular complexity index is 524. The largest absolute Gasteiger partial charge is 0.393 e. The minimum absolute atomic E-state index is 0.0984. The lowest BCUT2D eigenvalue weighted by Gasteiger charge is -2.61. The van der Waals surface area contributed by atoms with Crippen LogP contribution in [0.5, 0.6) is 0 Å². The van der Waals surface area contributed by atoms with Crippen LogP contribution in [-0.2, 0) is 0 Å². The average molecular weight is 316 g/mol. The summed E-state index contributed by atoms with van der Waals surface area (Å²) >= 11 is 0. The van der Waals surface area contributed by atoms with Gasteiger partial charge in [-0.25, -0.2) is 0 Å². The van der Waals surface area contributed by atoms with Crippen molar-refractivity contribution >= 4 is 0 Å². The van der Waals surface area contributed by atoms with Crippen LogP contribution in [0, 0.1) is 57.7 Å². The Kier molecular flexibility index (Phi) is 3.62. The minimum Gasteiger partial charge on any atom is -0.393 e. The monoisotopic (exact) mass is 315 g/mol. The topological polar surface area (TPSA) is 44.0 Å². The zero-order valence-electron chi connectivity index (χ0n) is 15.1. The summed E-state index contributed by atoms with van der Waals surface area (Å²) in [5.74, 6) is 3.96. The highest BCUT2D eigenvalue weighted by atomic mass is 16.3. The number of aliphatic hydroxyl groups excluding tert-OH is 1. The van der Waals surface area contributed by atoms with Crippen LogP contribution in [0.25, 0.3) is 0 Å². The standard InChI is InChI=1S/C21H33NO/c1-13-10-14-4-6-16-17-7-5-15(12-22)20(17,2)9-8-18(16)21(14,3)11-19(13)23/h13-19,23H,4-11H2,1-3H3/t13-,14-,15+,16-,17-,18-,19+,20+,21-/m0/s1. The third-order valence-corrected chi connectivity index (χ3v) is 9.18. The van der Waals surface area contributed by atoms with E-state index in [2.05, 4.69) is 26.8 Å². The van der Waals surface area contributed by atoms with E-state index in [0.717, 1.165) is 36.5 Å². The molecule has 4 aliphatic rings. The molecule has 0 unspecified atom stereocenters. The molecule has 4 aliphatic carbocycles. The highest BCUT2D eigenvalue weighted by molar-refractivity contribution is 5.12. The van der Waals surface area contributed by atoms with E-state index in [9.17, 15) is 10.4 Å². The number of nitrogens with zero attached hydrogens (tertiary/aromatic N) is 1. The van der Waals surface area contributed by atoms with E-state index in [1.807, 2.05) is 0 Å². The molecule has 0 aromatic carbocycles. The van der Waals surface area contributed by atoms with Crippen LogP contribution >= 0.6 is 0 Å². The summed E-state index contributed by atoms with van der Waals surface area (Å²) in [6.07, 6.45) is 9.82. The molecule has 23 heavy (non-hydrogen) atoms. The summed E-state index contributed by atoms with van der Waals surface area (Å²) < 4.78 is 0. The highest BCUT2D eigenvalue weighted by Gasteiger charge is 2.60. The zero-order valence-corrected chi connectivity index (χ0v) is 15.1. The lowest BCUT2D eigenvalue weighted by molar-refractivity contribution is -0.140. The lowest BCUT2D eigenvalue weighted by atomic mass is 9.44. The van der Waals surface area contributed by atoms with Crippen LogP contribution < -0.4 is 0 Å². The average Bonchev–Trinajstić information content (AvgIpc) is 2.85. The summed E-state index contributed by atoms with van der Waals surface area (Å²) in [5.41, 5.74) is 0.626. The van der Waals surface area contributed by atoms with Gasteiger partial charge < -0.3 is 5.11 Å². The maximum absolute atomic E-state index is 10.5. The molecular formula is C21H33NO. The molecule has 0 radical (unpaired) electrons. The van der Waals surface area contributed by atoms with E-state index in [0.29, 0.717) is 11.3 Å². The van der Waals surface area contributed by atoms with Crippen LogP contribution in [0.4, 0.5) is 0 Å². The molecule has 128 valence electrons. The second-order valence-corrected chi connectivity index (χ2v) is 9.94. The fraction of sp³-hybridized carbons (Fsp3) is 0.952. The third kappa shape index (κ3) is 2.08. The number of fused-ring (bicyclic) bond motifs is 5. The molecule has 0 heterocycles. The van der Waals surface area contributed by atoms with E-state index < -0.39 is 0 Å². The molecule has 0 saturated heterocycles. The molecule has 0 aliphatic heterocycles. The lowest BCUT2D eigenvalue weighted by Crippen LogP contribution is -2.55. The van der Waals surface area contributed by atoms with E-state index in [1.54, 1.807) is 0 Å². The quantitative estimate of drug-likeness (QED) is 0.699. The first-order chi connectivity index (χ1) is 10.9. The molecule has 2 nitrogen and oxygen atoms in total. The molecule has 4 saturated carbocycles. The first-order valence-corrected chi connectivity index (χ1v) is 9.98. The van der Waals surface area contributed by atoms with Gasteiger partial charge in [-0.1, -0.05) is 20.8 Å². The molecule has 0 spiro atoms. The second kappa shape index (κ2) is 5.22. The molecule has 0 bridgehead atoms. The van der Waals surface area contributed by atoms with Crippen molar-refractivity contribution in [3.63, 3.8) is 0 Å². The Morgan fingerprint density at radius 3 is 2.48 bits per heavy atom. The number of hydrogen-bond acceptors (Lipinski definition) is 2. The summed E-state index contributed by atoms with van der Waals surface area (Å²) in [6, 6.07) is 2.64. The molecule has 2 heteroatoms. The molecule has 0 amide bonds. The van der Waals surface area contributed by atoms with E-state index >= 15 is 0 Å². The van der Waals surface area contributed by atoms with Crippen molar-refractivity contribution in [1.29, 1.82) is 5.26 Å². The van der Waals surface area contributed by atoms with E-state index in [4.69, 9.17) is 0 Å². The molecular weight excluding hydrogens is 282 g/mol. The Hall–Kier alpha value is -0.550. The van der Waals surface area contributed by atoms with Crippen LogP contribution in [0.3, 0.4) is 0 Å². The number of nitriles is 1. The van der Waals surface area contributed by atoms with E-state index in [-0.39, 0.29) is 17.4 Å². The van der Waals surface area contributed by atoms with Gasteiger partial charge in [-0.2, -0.15) is 5.26 Å². The van der Waals surface area contributed by atoms with Crippen LogP contribution in [0.2, 0.25) is 0 Å². The number of rotatable bonds is 0. The van der Waals surface area contributed by atoms with Gasteiger partial charge in [0.05, 0.1) is 18.1 Å². The third-order valence-electron chi connectivity index (χ3n) is 9.18. The summed E-state index contributed by atoms with van der Waals surface area (Å²) in [6.45, 7) is 7.16.